The summed E-state index contributed by atoms with van der Waals surface area (Å²) in [5.41, 5.74) is 3.12. The van der Waals surface area contributed by atoms with Gasteiger partial charge in [-0.25, -0.2) is 0 Å². The molecule has 0 aromatic heterocycles. The Morgan fingerprint density at radius 1 is 0.889 bits per heavy atom. The number of carbonyl (C=O) groups excluding carboxylic acids is 1. The van der Waals surface area contributed by atoms with Crippen LogP contribution in [0.4, 0.5) is 5.69 Å². The molecule has 0 bridgehead atoms. The zero-order valence-electron chi connectivity index (χ0n) is 15.2. The van der Waals surface area contributed by atoms with Gasteiger partial charge in [-0.2, -0.15) is 0 Å². The number of anilines is 1. The molecule has 1 amide bonds. The number of nitrogens with zero attached hydrogens (tertiary/aromatic N) is 1. The number of rotatable bonds is 5. The van der Waals surface area contributed by atoms with Crippen molar-refractivity contribution in [2.45, 2.75) is 19.1 Å². The second-order valence-electron chi connectivity index (χ2n) is 6.66. The van der Waals surface area contributed by atoms with Crippen LogP contribution < -0.4 is 9.64 Å². The fourth-order valence-corrected chi connectivity index (χ4v) is 3.29. The van der Waals surface area contributed by atoms with Crippen molar-refractivity contribution in [3.8, 4) is 5.75 Å². The highest BCUT2D eigenvalue weighted by atomic mass is 16.5. The molecule has 3 aromatic rings. The molecule has 0 spiro atoms. The van der Waals surface area contributed by atoms with Crippen LogP contribution in [-0.4, -0.2) is 18.1 Å². The Morgan fingerprint density at radius 2 is 1.59 bits per heavy atom. The molecular weight excluding hydrogens is 334 g/mol. The number of para-hydroxylation sites is 1. The highest BCUT2D eigenvalue weighted by Gasteiger charge is 2.48. The standard InChI is InChI=1S/C24H21NO2/c1-18-9-8-12-20(17-18)25-22(16-15-19-10-4-2-5-11-19)23(24(25)26)27-21-13-6-3-7-14-21/h2-17,22-23H,1H3/b16-15+/t22-,23+/m1/s1. The molecule has 0 N–H and O–H groups in total. The molecule has 0 unspecified atom stereocenters. The van der Waals surface area contributed by atoms with Gasteiger partial charge >= 0.3 is 0 Å². The Hall–Kier alpha value is -3.33. The molecule has 0 radical (unpaired) electrons. The van der Waals surface area contributed by atoms with E-state index in [0.717, 1.165) is 16.8 Å². The van der Waals surface area contributed by atoms with Gasteiger partial charge < -0.3 is 4.74 Å². The molecule has 0 aliphatic carbocycles. The summed E-state index contributed by atoms with van der Waals surface area (Å²) in [7, 11) is 0. The second kappa shape index (κ2) is 7.50. The highest BCUT2D eigenvalue weighted by Crippen LogP contribution is 2.32. The lowest BCUT2D eigenvalue weighted by atomic mass is 9.94. The summed E-state index contributed by atoms with van der Waals surface area (Å²) in [5.74, 6) is 0.685. The molecule has 1 aliphatic heterocycles. The van der Waals surface area contributed by atoms with Crippen molar-refractivity contribution in [3.05, 3.63) is 102 Å². The first-order chi connectivity index (χ1) is 13.2. The van der Waals surface area contributed by atoms with Crippen LogP contribution in [0.5, 0.6) is 5.75 Å². The van der Waals surface area contributed by atoms with Crippen molar-refractivity contribution >= 4 is 17.7 Å². The van der Waals surface area contributed by atoms with E-state index in [-0.39, 0.29) is 11.9 Å². The largest absolute Gasteiger partial charge is 0.478 e. The Balaban J connectivity index is 1.62. The van der Waals surface area contributed by atoms with Crippen LogP contribution >= 0.6 is 0 Å². The third-order valence-corrected chi connectivity index (χ3v) is 4.66. The van der Waals surface area contributed by atoms with E-state index in [0.29, 0.717) is 5.75 Å². The molecule has 0 saturated carbocycles. The van der Waals surface area contributed by atoms with E-state index >= 15 is 0 Å². The van der Waals surface area contributed by atoms with E-state index in [4.69, 9.17) is 4.74 Å². The predicted octanol–water partition coefficient (Wildman–Crippen LogP) is 4.87. The average Bonchev–Trinajstić information content (AvgIpc) is 2.70. The van der Waals surface area contributed by atoms with Crippen LogP contribution in [0.3, 0.4) is 0 Å². The van der Waals surface area contributed by atoms with Crippen molar-refractivity contribution < 1.29 is 9.53 Å². The van der Waals surface area contributed by atoms with Gasteiger partial charge in [0.1, 0.15) is 11.8 Å². The maximum atomic E-state index is 12.9. The number of amides is 1. The number of hydrogen-bond donors (Lipinski definition) is 0. The summed E-state index contributed by atoms with van der Waals surface area (Å²) in [5, 5.41) is 0. The van der Waals surface area contributed by atoms with Crippen LogP contribution in [0.15, 0.2) is 91.0 Å². The Labute approximate surface area is 159 Å². The van der Waals surface area contributed by atoms with Crippen LogP contribution in [0.25, 0.3) is 6.08 Å². The Kier molecular flexibility index (Phi) is 4.75. The number of aryl methyl sites for hydroxylation is 1. The third-order valence-electron chi connectivity index (χ3n) is 4.66. The minimum absolute atomic E-state index is 0.0211. The monoisotopic (exact) mass is 355 g/mol. The molecule has 1 aliphatic rings. The maximum absolute atomic E-state index is 12.9. The second-order valence-corrected chi connectivity index (χ2v) is 6.66. The first kappa shape index (κ1) is 17.1. The number of hydrogen-bond acceptors (Lipinski definition) is 2. The molecule has 1 fully saturated rings. The van der Waals surface area contributed by atoms with Crippen LogP contribution in [-0.2, 0) is 4.79 Å². The summed E-state index contributed by atoms with van der Waals surface area (Å²) in [6.07, 6.45) is 3.57. The summed E-state index contributed by atoms with van der Waals surface area (Å²) < 4.78 is 6.00. The summed E-state index contributed by atoms with van der Waals surface area (Å²) in [6, 6.07) is 27.4. The molecule has 3 heteroatoms. The average molecular weight is 355 g/mol. The van der Waals surface area contributed by atoms with Gasteiger partial charge in [0.2, 0.25) is 6.10 Å². The first-order valence-electron chi connectivity index (χ1n) is 9.07. The molecular formula is C24H21NO2. The number of benzene rings is 3. The summed E-state index contributed by atoms with van der Waals surface area (Å²) in [4.78, 5) is 14.7. The quantitative estimate of drug-likeness (QED) is 0.611. The lowest BCUT2D eigenvalue weighted by molar-refractivity contribution is -0.133. The number of β-lactam (4-membered cyclic amide) rings is 1. The molecule has 2 atom stereocenters. The van der Waals surface area contributed by atoms with E-state index in [9.17, 15) is 4.79 Å². The normalized spacial score (nSPS) is 19.1. The fraction of sp³-hybridized carbons (Fsp3) is 0.125. The third kappa shape index (κ3) is 3.63. The predicted molar refractivity (Wildman–Crippen MR) is 109 cm³/mol. The van der Waals surface area contributed by atoms with Gasteiger partial charge in [0, 0.05) is 5.69 Å². The van der Waals surface area contributed by atoms with E-state index < -0.39 is 6.10 Å². The topological polar surface area (TPSA) is 29.5 Å². The molecule has 1 saturated heterocycles. The lowest BCUT2D eigenvalue weighted by Gasteiger charge is -2.45. The SMILES string of the molecule is Cc1cccc(N2C(=O)[C@@H](Oc3ccccc3)[C@H]2/C=C/c2ccccc2)c1. The van der Waals surface area contributed by atoms with Crippen molar-refractivity contribution in [2.75, 3.05) is 4.90 Å². The van der Waals surface area contributed by atoms with Gasteiger partial charge in [-0.3, -0.25) is 9.69 Å². The summed E-state index contributed by atoms with van der Waals surface area (Å²) in [6.45, 7) is 2.03. The maximum Gasteiger partial charge on any atom is 0.271 e. The molecule has 4 rings (SSSR count). The number of ether oxygens (including phenoxy) is 1. The smallest absolute Gasteiger partial charge is 0.271 e. The minimum atomic E-state index is -0.520. The van der Waals surface area contributed by atoms with Crippen LogP contribution in [0.2, 0.25) is 0 Å². The molecule has 134 valence electrons. The van der Waals surface area contributed by atoms with Gasteiger partial charge in [-0.1, -0.05) is 72.8 Å². The fourth-order valence-electron chi connectivity index (χ4n) is 3.29. The van der Waals surface area contributed by atoms with Crippen molar-refractivity contribution in [1.82, 2.24) is 0 Å². The van der Waals surface area contributed by atoms with Gasteiger partial charge in [0.15, 0.2) is 0 Å². The van der Waals surface area contributed by atoms with Crippen molar-refractivity contribution in [1.29, 1.82) is 0 Å². The van der Waals surface area contributed by atoms with Crippen molar-refractivity contribution in [2.24, 2.45) is 0 Å². The van der Waals surface area contributed by atoms with Gasteiger partial charge in [0.25, 0.3) is 5.91 Å². The van der Waals surface area contributed by atoms with Gasteiger partial charge in [-0.15, -0.1) is 0 Å². The lowest BCUT2D eigenvalue weighted by Crippen LogP contribution is -2.66. The van der Waals surface area contributed by atoms with E-state index in [2.05, 4.69) is 0 Å². The van der Waals surface area contributed by atoms with Crippen LogP contribution in [0, 0.1) is 6.92 Å². The Bertz CT molecular complexity index is 950. The molecule has 1 heterocycles. The van der Waals surface area contributed by atoms with Gasteiger partial charge in [-0.05, 0) is 42.3 Å². The zero-order valence-corrected chi connectivity index (χ0v) is 15.2. The molecule has 3 nitrogen and oxygen atoms in total. The van der Waals surface area contributed by atoms with E-state index in [1.165, 1.54) is 0 Å². The molecule has 3 aromatic carbocycles. The van der Waals surface area contributed by atoms with Gasteiger partial charge in [0.05, 0.1) is 0 Å². The Morgan fingerprint density at radius 3 is 2.30 bits per heavy atom. The van der Waals surface area contributed by atoms with Crippen LogP contribution in [0.1, 0.15) is 11.1 Å². The minimum Gasteiger partial charge on any atom is -0.478 e. The zero-order chi connectivity index (χ0) is 18.6. The highest BCUT2D eigenvalue weighted by molar-refractivity contribution is 6.06. The van der Waals surface area contributed by atoms with Crippen molar-refractivity contribution in [3.63, 3.8) is 0 Å². The van der Waals surface area contributed by atoms with E-state index in [1.54, 1.807) is 4.90 Å². The van der Waals surface area contributed by atoms with E-state index in [1.807, 2.05) is 104 Å². The number of carbonyl (C=O) groups is 1. The molecule has 27 heavy (non-hydrogen) atoms. The summed E-state index contributed by atoms with van der Waals surface area (Å²) >= 11 is 0. The first-order valence-corrected chi connectivity index (χ1v) is 9.07.